The maximum Gasteiger partial charge on any atom is 0.329 e. The fraction of sp³-hybridized carbons (Fsp3) is 0.476. The van der Waals surface area contributed by atoms with Crippen molar-refractivity contribution >= 4 is 11.2 Å². The average molecular weight is 412 g/mol. The predicted molar refractivity (Wildman–Crippen MR) is 114 cm³/mol. The van der Waals surface area contributed by atoms with Crippen LogP contribution in [0.15, 0.2) is 39.9 Å². The van der Waals surface area contributed by atoms with Crippen LogP contribution < -0.4 is 11.2 Å². The fourth-order valence-electron chi connectivity index (χ4n) is 4.02. The van der Waals surface area contributed by atoms with Gasteiger partial charge in [0.1, 0.15) is 5.82 Å². The van der Waals surface area contributed by atoms with Crippen molar-refractivity contribution in [3.63, 3.8) is 0 Å². The summed E-state index contributed by atoms with van der Waals surface area (Å²) in [6.45, 7) is 5.80. The summed E-state index contributed by atoms with van der Waals surface area (Å²) < 4.78 is 3.22. The molecule has 0 atom stereocenters. The summed E-state index contributed by atoms with van der Waals surface area (Å²) in [7, 11) is 1.61. The third-order valence-corrected chi connectivity index (χ3v) is 5.70. The zero-order chi connectivity index (χ0) is 21.1. The lowest BCUT2D eigenvalue weighted by Gasteiger charge is -2.34. The highest BCUT2D eigenvalue weighted by atomic mass is 16.3. The molecule has 1 saturated heterocycles. The Bertz CT molecular complexity index is 1110. The smallest absolute Gasteiger partial charge is 0.329 e. The third-order valence-electron chi connectivity index (χ3n) is 5.70. The molecule has 160 valence electrons. The second-order valence-corrected chi connectivity index (χ2v) is 7.79. The number of imidazole rings is 1. The first kappa shape index (κ1) is 20.5. The standard InChI is InChI=1S/C21H28N6O3/c1-24-19-18(20(29)23-21(24)30)27(8-5-13-28)17(22-19)15-26-11-9-25(10-12-26)14-16-6-3-2-4-7-16/h2-4,6-7,28H,5,8-15H2,1H3,(H,23,29,30). The lowest BCUT2D eigenvalue weighted by Crippen LogP contribution is -2.45. The van der Waals surface area contributed by atoms with Crippen LogP contribution in [0.1, 0.15) is 17.8 Å². The number of aromatic nitrogens is 4. The van der Waals surface area contributed by atoms with E-state index in [0.717, 1.165) is 38.5 Å². The molecule has 0 amide bonds. The van der Waals surface area contributed by atoms with E-state index in [-0.39, 0.29) is 6.61 Å². The Balaban J connectivity index is 1.51. The van der Waals surface area contributed by atoms with Crippen LogP contribution in [0, 0.1) is 0 Å². The van der Waals surface area contributed by atoms with Gasteiger partial charge in [-0.3, -0.25) is 24.1 Å². The molecule has 3 aromatic rings. The molecule has 1 fully saturated rings. The summed E-state index contributed by atoms with van der Waals surface area (Å²) in [6, 6.07) is 10.5. The van der Waals surface area contributed by atoms with Crippen molar-refractivity contribution in [3.8, 4) is 0 Å². The quantitative estimate of drug-likeness (QED) is 0.572. The third kappa shape index (κ3) is 4.23. The van der Waals surface area contributed by atoms with Gasteiger partial charge in [-0.15, -0.1) is 0 Å². The largest absolute Gasteiger partial charge is 0.396 e. The van der Waals surface area contributed by atoms with Gasteiger partial charge >= 0.3 is 5.69 Å². The minimum atomic E-state index is -0.472. The van der Waals surface area contributed by atoms with Crippen molar-refractivity contribution in [2.75, 3.05) is 32.8 Å². The molecule has 9 heteroatoms. The number of aliphatic hydroxyl groups excluding tert-OH is 1. The minimum absolute atomic E-state index is 0.0287. The van der Waals surface area contributed by atoms with Crippen molar-refractivity contribution in [3.05, 3.63) is 62.6 Å². The molecule has 2 N–H and O–H groups in total. The molecule has 9 nitrogen and oxygen atoms in total. The number of aliphatic hydroxyl groups is 1. The number of hydrogen-bond acceptors (Lipinski definition) is 6. The Morgan fingerprint density at radius 1 is 1.03 bits per heavy atom. The van der Waals surface area contributed by atoms with Gasteiger partial charge in [0.2, 0.25) is 0 Å². The summed E-state index contributed by atoms with van der Waals surface area (Å²) in [5.41, 5.74) is 1.19. The summed E-state index contributed by atoms with van der Waals surface area (Å²) in [6.07, 6.45) is 0.519. The van der Waals surface area contributed by atoms with Gasteiger partial charge in [-0.05, 0) is 12.0 Å². The number of aromatic amines is 1. The Labute approximate surface area is 174 Å². The van der Waals surface area contributed by atoms with Gasteiger partial charge in [-0.1, -0.05) is 30.3 Å². The van der Waals surface area contributed by atoms with Crippen LogP contribution in [0.3, 0.4) is 0 Å². The van der Waals surface area contributed by atoms with Gasteiger partial charge in [0.15, 0.2) is 11.2 Å². The van der Waals surface area contributed by atoms with E-state index in [9.17, 15) is 14.7 Å². The highest BCUT2D eigenvalue weighted by Gasteiger charge is 2.22. The van der Waals surface area contributed by atoms with Crippen LogP contribution in [0.25, 0.3) is 11.2 Å². The van der Waals surface area contributed by atoms with Gasteiger partial charge in [0.25, 0.3) is 5.56 Å². The number of nitrogens with zero attached hydrogens (tertiary/aromatic N) is 5. The second-order valence-electron chi connectivity index (χ2n) is 7.79. The van der Waals surface area contributed by atoms with Crippen LogP contribution in [0.2, 0.25) is 0 Å². The average Bonchev–Trinajstić information content (AvgIpc) is 3.11. The van der Waals surface area contributed by atoms with Crippen molar-refractivity contribution in [1.29, 1.82) is 0 Å². The molecule has 1 aromatic carbocycles. The van der Waals surface area contributed by atoms with Crippen LogP contribution in [-0.2, 0) is 26.7 Å². The summed E-state index contributed by atoms with van der Waals surface area (Å²) >= 11 is 0. The number of nitrogens with one attached hydrogen (secondary N) is 1. The second kappa shape index (κ2) is 8.95. The molecule has 1 aliphatic heterocycles. The summed E-state index contributed by atoms with van der Waals surface area (Å²) in [5.74, 6) is 0.752. The van der Waals surface area contributed by atoms with Crippen LogP contribution in [0.4, 0.5) is 0 Å². The lowest BCUT2D eigenvalue weighted by atomic mass is 10.2. The molecule has 30 heavy (non-hydrogen) atoms. The van der Waals surface area contributed by atoms with Gasteiger partial charge in [-0.2, -0.15) is 0 Å². The molecule has 1 aliphatic rings. The first-order chi connectivity index (χ1) is 14.6. The lowest BCUT2D eigenvalue weighted by molar-refractivity contribution is 0.119. The van der Waals surface area contributed by atoms with E-state index in [1.165, 1.54) is 10.1 Å². The maximum absolute atomic E-state index is 12.4. The minimum Gasteiger partial charge on any atom is -0.396 e. The Morgan fingerprint density at radius 2 is 1.70 bits per heavy atom. The number of piperazine rings is 1. The van der Waals surface area contributed by atoms with Crippen molar-refractivity contribution in [2.45, 2.75) is 26.1 Å². The number of aryl methyl sites for hydroxylation is 2. The van der Waals surface area contributed by atoms with E-state index < -0.39 is 11.2 Å². The van der Waals surface area contributed by atoms with Crippen LogP contribution in [0.5, 0.6) is 0 Å². The number of fused-ring (bicyclic) bond motifs is 1. The fourth-order valence-corrected chi connectivity index (χ4v) is 4.02. The molecule has 0 unspecified atom stereocenters. The Morgan fingerprint density at radius 3 is 2.37 bits per heavy atom. The highest BCUT2D eigenvalue weighted by Crippen LogP contribution is 2.16. The molecule has 2 aromatic heterocycles. The number of benzene rings is 1. The van der Waals surface area contributed by atoms with E-state index in [1.54, 1.807) is 7.05 Å². The number of hydrogen-bond donors (Lipinski definition) is 2. The monoisotopic (exact) mass is 412 g/mol. The van der Waals surface area contributed by atoms with E-state index in [0.29, 0.717) is 30.7 Å². The summed E-state index contributed by atoms with van der Waals surface area (Å²) in [5, 5.41) is 9.28. The van der Waals surface area contributed by atoms with Gasteiger partial charge < -0.3 is 9.67 Å². The van der Waals surface area contributed by atoms with E-state index >= 15 is 0 Å². The molecule has 0 bridgehead atoms. The molecule has 3 heterocycles. The van der Waals surface area contributed by atoms with Crippen LogP contribution in [-0.4, -0.2) is 66.8 Å². The first-order valence-electron chi connectivity index (χ1n) is 10.3. The van der Waals surface area contributed by atoms with Crippen molar-refractivity contribution < 1.29 is 5.11 Å². The number of H-pyrrole nitrogens is 1. The molecular formula is C21H28N6O3. The van der Waals surface area contributed by atoms with Crippen LogP contribution >= 0.6 is 0 Å². The zero-order valence-electron chi connectivity index (χ0n) is 17.3. The maximum atomic E-state index is 12.4. The van der Waals surface area contributed by atoms with Crippen molar-refractivity contribution in [2.24, 2.45) is 7.05 Å². The van der Waals surface area contributed by atoms with E-state index in [4.69, 9.17) is 0 Å². The zero-order valence-corrected chi connectivity index (χ0v) is 17.3. The first-order valence-corrected chi connectivity index (χ1v) is 10.3. The predicted octanol–water partition coefficient (Wildman–Crippen LogP) is 0.124. The van der Waals surface area contributed by atoms with E-state index in [2.05, 4.69) is 44.0 Å². The Kier molecular flexibility index (Phi) is 6.12. The molecule has 0 spiro atoms. The van der Waals surface area contributed by atoms with Gasteiger partial charge in [0.05, 0.1) is 6.54 Å². The van der Waals surface area contributed by atoms with Crippen molar-refractivity contribution in [1.82, 2.24) is 28.9 Å². The molecule has 4 rings (SSSR count). The Hall–Kier alpha value is -2.75. The van der Waals surface area contributed by atoms with E-state index in [1.807, 2.05) is 10.6 Å². The topological polar surface area (TPSA) is 99.4 Å². The molecule has 0 aliphatic carbocycles. The SMILES string of the molecule is Cn1c(=O)[nH]c(=O)c2c1nc(CN1CCN(Cc3ccccc3)CC1)n2CCCO. The highest BCUT2D eigenvalue weighted by molar-refractivity contribution is 5.70. The normalized spacial score (nSPS) is 15.8. The molecule has 0 saturated carbocycles. The summed E-state index contributed by atoms with van der Waals surface area (Å²) in [4.78, 5) is 36.2. The van der Waals surface area contributed by atoms with Gasteiger partial charge in [-0.25, -0.2) is 9.78 Å². The van der Waals surface area contributed by atoms with Gasteiger partial charge in [0, 0.05) is 52.9 Å². The number of rotatable bonds is 7. The molecule has 0 radical (unpaired) electrons. The molecular weight excluding hydrogens is 384 g/mol.